The van der Waals surface area contributed by atoms with E-state index in [-0.39, 0.29) is 18.5 Å². The van der Waals surface area contributed by atoms with Crippen LogP contribution < -0.4 is 16.0 Å². The van der Waals surface area contributed by atoms with E-state index in [1.54, 1.807) is 18.9 Å². The van der Waals surface area contributed by atoms with Crippen molar-refractivity contribution in [3.63, 3.8) is 0 Å². The minimum atomic E-state index is -0.623. The van der Waals surface area contributed by atoms with Crippen molar-refractivity contribution in [2.24, 2.45) is 0 Å². The van der Waals surface area contributed by atoms with Gasteiger partial charge in [0.25, 0.3) is 0 Å². The molecule has 0 spiro atoms. The van der Waals surface area contributed by atoms with Gasteiger partial charge in [-0.15, -0.1) is 0 Å². The van der Waals surface area contributed by atoms with Gasteiger partial charge < -0.3 is 10.6 Å². The van der Waals surface area contributed by atoms with Crippen LogP contribution >= 0.6 is 0 Å². The third-order valence-electron chi connectivity index (χ3n) is 5.42. The molecule has 0 bridgehead atoms. The summed E-state index contributed by atoms with van der Waals surface area (Å²) >= 11 is 0. The van der Waals surface area contributed by atoms with Crippen LogP contribution in [0.25, 0.3) is 10.8 Å². The summed E-state index contributed by atoms with van der Waals surface area (Å²) in [4.78, 5) is 38.4. The maximum absolute atomic E-state index is 12.5. The average Bonchev–Trinajstić information content (AvgIpc) is 3.20. The number of nitrogens with zero attached hydrogens (tertiary/aromatic N) is 1. The summed E-state index contributed by atoms with van der Waals surface area (Å²) in [5.74, 6) is -0.653. The molecule has 0 aromatic heterocycles. The number of carbonyl (C=O) groups excluding carboxylic acids is 3. The Labute approximate surface area is 170 Å². The molecule has 0 aliphatic heterocycles. The molecule has 0 saturated heterocycles. The highest BCUT2D eigenvalue weighted by Crippen LogP contribution is 2.22. The topological polar surface area (TPSA) is 90.5 Å². The van der Waals surface area contributed by atoms with Crippen molar-refractivity contribution in [2.45, 2.75) is 44.7 Å². The van der Waals surface area contributed by atoms with Crippen molar-refractivity contribution in [2.75, 3.05) is 18.9 Å². The van der Waals surface area contributed by atoms with Crippen molar-refractivity contribution in [1.29, 1.82) is 0 Å². The molecule has 1 saturated carbocycles. The lowest BCUT2D eigenvalue weighted by atomic mass is 10.1. The third kappa shape index (κ3) is 5.54. The second-order valence-corrected chi connectivity index (χ2v) is 7.61. The van der Waals surface area contributed by atoms with E-state index in [0.29, 0.717) is 0 Å². The number of anilines is 1. The maximum Gasteiger partial charge on any atom is 0.321 e. The zero-order valence-corrected chi connectivity index (χ0v) is 16.9. The summed E-state index contributed by atoms with van der Waals surface area (Å²) < 4.78 is 0. The van der Waals surface area contributed by atoms with E-state index in [4.69, 9.17) is 0 Å². The Bertz CT molecular complexity index is 887. The first-order valence-electron chi connectivity index (χ1n) is 10.0. The lowest BCUT2D eigenvalue weighted by molar-refractivity contribution is -0.125. The number of benzene rings is 2. The molecule has 1 atom stereocenters. The highest BCUT2D eigenvalue weighted by atomic mass is 16.2. The van der Waals surface area contributed by atoms with Crippen molar-refractivity contribution in [3.8, 4) is 0 Å². The van der Waals surface area contributed by atoms with Crippen LogP contribution in [0.1, 0.15) is 32.6 Å². The molecule has 0 radical (unpaired) electrons. The molecule has 0 unspecified atom stereocenters. The van der Waals surface area contributed by atoms with Crippen LogP contribution in [0.3, 0.4) is 0 Å². The first-order valence-corrected chi connectivity index (χ1v) is 10.0. The second-order valence-electron chi connectivity index (χ2n) is 7.61. The Morgan fingerprint density at radius 2 is 1.76 bits per heavy atom. The van der Waals surface area contributed by atoms with E-state index >= 15 is 0 Å². The molecule has 1 aliphatic rings. The summed E-state index contributed by atoms with van der Waals surface area (Å²) in [7, 11) is 1.68. The van der Waals surface area contributed by atoms with Crippen LogP contribution in [0.4, 0.5) is 10.5 Å². The quantitative estimate of drug-likeness (QED) is 0.700. The molecule has 29 heavy (non-hydrogen) atoms. The average molecular weight is 396 g/mol. The predicted octanol–water partition coefficient (Wildman–Crippen LogP) is 2.87. The summed E-state index contributed by atoms with van der Waals surface area (Å²) in [6, 6.07) is 12.6. The number of rotatable bonds is 6. The van der Waals surface area contributed by atoms with Gasteiger partial charge in [-0.05, 0) is 38.3 Å². The molecule has 7 nitrogen and oxygen atoms in total. The van der Waals surface area contributed by atoms with Crippen LogP contribution in [0.5, 0.6) is 0 Å². The molecule has 7 heteroatoms. The van der Waals surface area contributed by atoms with Crippen LogP contribution in [-0.2, 0) is 9.59 Å². The van der Waals surface area contributed by atoms with Crippen LogP contribution in [0.2, 0.25) is 0 Å². The fraction of sp³-hybridized carbons (Fsp3) is 0.409. The lowest BCUT2D eigenvalue weighted by Gasteiger charge is -2.23. The summed E-state index contributed by atoms with van der Waals surface area (Å²) in [5.41, 5.74) is 0.731. The fourth-order valence-electron chi connectivity index (χ4n) is 3.60. The summed E-state index contributed by atoms with van der Waals surface area (Å²) in [5, 5.41) is 10.1. The summed E-state index contributed by atoms with van der Waals surface area (Å²) in [6.07, 6.45) is 4.10. The van der Waals surface area contributed by atoms with E-state index < -0.39 is 18.0 Å². The maximum atomic E-state index is 12.5. The number of hydrogen-bond acceptors (Lipinski definition) is 4. The first-order chi connectivity index (χ1) is 13.9. The van der Waals surface area contributed by atoms with Gasteiger partial charge in [0.1, 0.15) is 0 Å². The van der Waals surface area contributed by atoms with Crippen LogP contribution in [0.15, 0.2) is 42.5 Å². The Balaban J connectivity index is 1.51. The third-order valence-corrected chi connectivity index (χ3v) is 5.42. The molecule has 2 aromatic carbocycles. The molecular weight excluding hydrogens is 368 g/mol. The van der Waals surface area contributed by atoms with E-state index in [0.717, 1.165) is 42.1 Å². The van der Waals surface area contributed by atoms with E-state index in [1.165, 1.54) is 0 Å². The van der Waals surface area contributed by atoms with Gasteiger partial charge in [-0.2, -0.15) is 0 Å². The minimum Gasteiger partial charge on any atom is -0.335 e. The molecule has 154 valence electrons. The zero-order valence-electron chi connectivity index (χ0n) is 16.9. The predicted molar refractivity (Wildman–Crippen MR) is 114 cm³/mol. The number of urea groups is 1. The van der Waals surface area contributed by atoms with Gasteiger partial charge in [0.15, 0.2) is 0 Å². The minimum absolute atomic E-state index is 0.0298. The standard InChI is InChI=1S/C22H28N4O3/c1-15(21(28)25-22(29)23-17-10-4-5-11-17)26(2)14-20(27)24-19-13-7-9-16-8-3-6-12-18(16)19/h3,6-9,12-13,15,17H,4-5,10-11,14H2,1-2H3,(H,24,27)(H2,23,25,28,29)/t15-/m0/s1. The highest BCUT2D eigenvalue weighted by Gasteiger charge is 2.24. The number of carbonyl (C=O) groups is 3. The summed E-state index contributed by atoms with van der Waals surface area (Å²) in [6.45, 7) is 1.70. The molecule has 1 fully saturated rings. The number of imide groups is 1. The first kappa shape index (κ1) is 20.8. The smallest absolute Gasteiger partial charge is 0.321 e. The number of fused-ring (bicyclic) bond motifs is 1. The Morgan fingerprint density at radius 3 is 2.52 bits per heavy atom. The number of nitrogens with one attached hydrogen (secondary N) is 3. The van der Waals surface area contributed by atoms with Crippen molar-refractivity contribution in [1.82, 2.24) is 15.5 Å². The largest absolute Gasteiger partial charge is 0.335 e. The normalized spacial score (nSPS) is 15.3. The number of likely N-dealkylation sites (N-methyl/N-ethyl adjacent to an activating group) is 1. The number of amides is 4. The zero-order chi connectivity index (χ0) is 20.8. The SMILES string of the molecule is C[C@@H](C(=O)NC(=O)NC1CCCC1)N(C)CC(=O)Nc1cccc2ccccc12. The molecule has 2 aromatic rings. The van der Waals surface area contributed by atoms with Crippen LogP contribution in [-0.4, -0.2) is 48.4 Å². The van der Waals surface area contributed by atoms with Crippen LogP contribution in [0, 0.1) is 0 Å². The number of hydrogen-bond donors (Lipinski definition) is 3. The molecular formula is C22H28N4O3. The Kier molecular flexibility index (Phi) is 6.82. The van der Waals surface area contributed by atoms with E-state index in [2.05, 4.69) is 16.0 Å². The van der Waals surface area contributed by atoms with Crippen molar-refractivity contribution in [3.05, 3.63) is 42.5 Å². The van der Waals surface area contributed by atoms with Gasteiger partial charge in [-0.1, -0.05) is 49.2 Å². The molecule has 0 heterocycles. The van der Waals surface area contributed by atoms with E-state index in [9.17, 15) is 14.4 Å². The van der Waals surface area contributed by atoms with Crippen molar-refractivity contribution < 1.29 is 14.4 Å². The van der Waals surface area contributed by atoms with Gasteiger partial charge in [0, 0.05) is 17.1 Å². The molecule has 3 rings (SSSR count). The van der Waals surface area contributed by atoms with E-state index in [1.807, 2.05) is 42.5 Å². The van der Waals surface area contributed by atoms with Gasteiger partial charge in [-0.25, -0.2) is 4.79 Å². The Morgan fingerprint density at radius 1 is 1.07 bits per heavy atom. The molecule has 3 N–H and O–H groups in total. The fourth-order valence-corrected chi connectivity index (χ4v) is 3.60. The van der Waals surface area contributed by atoms with Gasteiger partial charge in [-0.3, -0.25) is 19.8 Å². The molecule has 1 aliphatic carbocycles. The van der Waals surface area contributed by atoms with Gasteiger partial charge in [0.2, 0.25) is 11.8 Å². The highest BCUT2D eigenvalue weighted by molar-refractivity contribution is 6.03. The Hall–Kier alpha value is -2.93. The van der Waals surface area contributed by atoms with Gasteiger partial charge >= 0.3 is 6.03 Å². The lowest BCUT2D eigenvalue weighted by Crippen LogP contribution is -2.51. The van der Waals surface area contributed by atoms with Crippen molar-refractivity contribution >= 4 is 34.3 Å². The van der Waals surface area contributed by atoms with Gasteiger partial charge in [0.05, 0.1) is 12.6 Å². The second kappa shape index (κ2) is 9.52. The monoisotopic (exact) mass is 396 g/mol. The molecule has 4 amide bonds.